The lowest BCUT2D eigenvalue weighted by Crippen LogP contribution is -2.66. The van der Waals surface area contributed by atoms with Gasteiger partial charge in [0.05, 0.1) is 25.2 Å². The van der Waals surface area contributed by atoms with E-state index in [1.54, 1.807) is 0 Å². The van der Waals surface area contributed by atoms with Crippen molar-refractivity contribution in [3.8, 4) is 0 Å². The number of carbonyl (C=O) groups is 2. The van der Waals surface area contributed by atoms with Crippen molar-refractivity contribution >= 4 is 11.9 Å². The molecule has 2 heterocycles. The Morgan fingerprint density at radius 2 is 1.45 bits per heavy atom. The molecule has 0 unspecified atom stereocenters. The molecule has 4 saturated carbocycles. The lowest BCUT2D eigenvalue weighted by Gasteiger charge is -2.71. The fourth-order valence-electron chi connectivity index (χ4n) is 13.5. The summed E-state index contributed by atoms with van der Waals surface area (Å²) in [5.74, 6) is -0.853. The van der Waals surface area contributed by atoms with Gasteiger partial charge in [-0.15, -0.1) is 0 Å². The second kappa shape index (κ2) is 14.0. The summed E-state index contributed by atoms with van der Waals surface area (Å²) in [6, 6.07) is 0. The van der Waals surface area contributed by atoms with E-state index >= 15 is 0 Å². The van der Waals surface area contributed by atoms with Crippen molar-refractivity contribution in [2.75, 3.05) is 13.7 Å². The number of methoxy groups -OCH3 is 1. The monoisotopic (exact) mass is 778 g/mol. The SMILES string of the molecule is COC(=O)[C@H]1O[C@@H](O[C@H]2CC[C@]3(C)[C@H]4CC=C5[C@@H]6CC(C)(C)CC[C@]6(C(=O)O)CC[C@@]5(C)[C@]4(C)CC[C@H]3C2(C)C)[C@H](O)[C@@H](O)[C@@H]1O[C@@H]1OC[C@@H](O)[C@@H](O)[C@@H]1O. The van der Waals surface area contributed by atoms with E-state index in [4.69, 9.17) is 23.7 Å². The quantitative estimate of drug-likeness (QED) is 0.130. The number of aliphatic hydroxyl groups is 5. The van der Waals surface area contributed by atoms with Crippen molar-refractivity contribution in [3.05, 3.63) is 11.6 Å². The predicted molar refractivity (Wildman–Crippen MR) is 197 cm³/mol. The van der Waals surface area contributed by atoms with Crippen LogP contribution in [0.2, 0.25) is 0 Å². The van der Waals surface area contributed by atoms with Gasteiger partial charge in [-0.3, -0.25) is 4.79 Å². The average Bonchev–Trinajstić information content (AvgIpc) is 3.11. The van der Waals surface area contributed by atoms with Gasteiger partial charge in [-0.05, 0) is 109 Å². The zero-order valence-corrected chi connectivity index (χ0v) is 33.9. The van der Waals surface area contributed by atoms with Gasteiger partial charge in [0.2, 0.25) is 0 Å². The number of ether oxygens (including phenoxy) is 5. The molecule has 0 bridgehead atoms. The van der Waals surface area contributed by atoms with Gasteiger partial charge in [0.1, 0.15) is 36.6 Å². The Labute approximate surface area is 325 Å². The molecule has 0 amide bonds. The van der Waals surface area contributed by atoms with Crippen LogP contribution in [-0.2, 0) is 33.3 Å². The molecule has 55 heavy (non-hydrogen) atoms. The van der Waals surface area contributed by atoms with E-state index in [1.807, 2.05) is 0 Å². The van der Waals surface area contributed by atoms with Crippen LogP contribution >= 0.6 is 0 Å². The minimum Gasteiger partial charge on any atom is -0.481 e. The lowest BCUT2D eigenvalue weighted by molar-refractivity contribution is -0.355. The van der Waals surface area contributed by atoms with Crippen LogP contribution in [0, 0.1) is 50.2 Å². The van der Waals surface area contributed by atoms with Gasteiger partial charge >= 0.3 is 11.9 Å². The average molecular weight is 779 g/mol. The Balaban J connectivity index is 1.11. The highest BCUT2D eigenvalue weighted by molar-refractivity contribution is 5.77. The van der Waals surface area contributed by atoms with E-state index in [9.17, 15) is 40.2 Å². The number of esters is 1. The third-order valence-corrected chi connectivity index (χ3v) is 17.0. The lowest BCUT2D eigenvalue weighted by atomic mass is 9.33. The first kappa shape index (κ1) is 41.5. The topological polar surface area (TPSA) is 202 Å². The molecule has 0 spiro atoms. The van der Waals surface area contributed by atoms with E-state index in [-0.39, 0.29) is 40.1 Å². The first-order chi connectivity index (χ1) is 25.6. The number of carbonyl (C=O) groups excluding carboxylic acids is 1. The largest absolute Gasteiger partial charge is 0.481 e. The highest BCUT2D eigenvalue weighted by Gasteiger charge is 2.69. The van der Waals surface area contributed by atoms with Gasteiger partial charge in [0.25, 0.3) is 0 Å². The van der Waals surface area contributed by atoms with Gasteiger partial charge in [-0.25, -0.2) is 4.79 Å². The zero-order chi connectivity index (χ0) is 40.3. The predicted octanol–water partition coefficient (Wildman–Crippen LogP) is 3.70. The molecule has 6 N–H and O–H groups in total. The first-order valence-corrected chi connectivity index (χ1v) is 20.6. The van der Waals surface area contributed by atoms with Crippen molar-refractivity contribution in [1.29, 1.82) is 0 Å². The number of allylic oxidation sites excluding steroid dienone is 2. The zero-order valence-electron chi connectivity index (χ0n) is 33.9. The highest BCUT2D eigenvalue weighted by Crippen LogP contribution is 2.76. The molecule has 312 valence electrons. The Morgan fingerprint density at radius 3 is 2.13 bits per heavy atom. The summed E-state index contributed by atoms with van der Waals surface area (Å²) in [6.45, 7) is 16.0. The molecule has 5 aliphatic carbocycles. The van der Waals surface area contributed by atoms with Crippen LogP contribution < -0.4 is 0 Å². The van der Waals surface area contributed by atoms with E-state index in [0.717, 1.165) is 58.5 Å². The van der Waals surface area contributed by atoms with Crippen molar-refractivity contribution < 1.29 is 63.9 Å². The maximum Gasteiger partial charge on any atom is 0.337 e. The van der Waals surface area contributed by atoms with Gasteiger partial charge in [0.15, 0.2) is 18.7 Å². The fraction of sp³-hybridized carbons (Fsp3) is 0.905. The molecule has 7 aliphatic rings. The summed E-state index contributed by atoms with van der Waals surface area (Å²) in [6.07, 6.45) is -3.38. The smallest absolute Gasteiger partial charge is 0.337 e. The maximum atomic E-state index is 13.0. The molecule has 6 fully saturated rings. The summed E-state index contributed by atoms with van der Waals surface area (Å²) in [5, 5.41) is 63.9. The van der Waals surface area contributed by atoms with E-state index in [2.05, 4.69) is 54.5 Å². The van der Waals surface area contributed by atoms with Crippen LogP contribution in [0.5, 0.6) is 0 Å². The maximum absolute atomic E-state index is 13.0. The molecule has 0 aromatic carbocycles. The molecule has 13 heteroatoms. The molecular weight excluding hydrogens is 712 g/mol. The molecule has 17 atom stereocenters. The van der Waals surface area contributed by atoms with E-state index in [0.29, 0.717) is 18.8 Å². The Kier molecular flexibility index (Phi) is 10.5. The summed E-state index contributed by atoms with van der Waals surface area (Å²) in [7, 11) is 1.15. The van der Waals surface area contributed by atoms with Crippen molar-refractivity contribution in [2.24, 2.45) is 50.2 Å². The Morgan fingerprint density at radius 1 is 0.782 bits per heavy atom. The second-order valence-electron chi connectivity index (χ2n) is 20.4. The van der Waals surface area contributed by atoms with Crippen LogP contribution in [0.1, 0.15) is 113 Å². The molecule has 2 saturated heterocycles. The van der Waals surface area contributed by atoms with Crippen molar-refractivity contribution in [3.63, 3.8) is 0 Å². The van der Waals surface area contributed by atoms with Crippen LogP contribution in [-0.4, -0.2) is 118 Å². The van der Waals surface area contributed by atoms with Crippen LogP contribution in [0.4, 0.5) is 0 Å². The fourth-order valence-corrected chi connectivity index (χ4v) is 13.5. The van der Waals surface area contributed by atoms with E-state index < -0.39 is 84.2 Å². The van der Waals surface area contributed by atoms with Gasteiger partial charge in [-0.1, -0.05) is 60.1 Å². The third kappa shape index (κ3) is 6.19. The number of hydrogen-bond acceptors (Lipinski definition) is 12. The number of aliphatic hydroxyl groups excluding tert-OH is 5. The minimum atomic E-state index is -1.72. The summed E-state index contributed by atoms with van der Waals surface area (Å²) in [5.41, 5.74) is 0.253. The third-order valence-electron chi connectivity index (χ3n) is 17.0. The minimum absolute atomic E-state index is 0.0162. The van der Waals surface area contributed by atoms with Crippen LogP contribution in [0.3, 0.4) is 0 Å². The van der Waals surface area contributed by atoms with Gasteiger partial charge in [0, 0.05) is 0 Å². The summed E-state index contributed by atoms with van der Waals surface area (Å²) in [4.78, 5) is 26.1. The van der Waals surface area contributed by atoms with Gasteiger partial charge in [-0.2, -0.15) is 0 Å². The molecule has 0 aromatic heterocycles. The summed E-state index contributed by atoms with van der Waals surface area (Å²) >= 11 is 0. The summed E-state index contributed by atoms with van der Waals surface area (Å²) < 4.78 is 28.7. The van der Waals surface area contributed by atoms with Crippen molar-refractivity contribution in [1.82, 2.24) is 0 Å². The number of carboxylic acid groups (broad SMARTS) is 1. The number of fused-ring (bicyclic) bond motifs is 7. The van der Waals surface area contributed by atoms with Crippen molar-refractivity contribution in [2.45, 2.75) is 174 Å². The Hall–Kier alpha value is -1.68. The number of hydrogen-bond donors (Lipinski definition) is 6. The van der Waals surface area contributed by atoms with Crippen LogP contribution in [0.15, 0.2) is 11.6 Å². The van der Waals surface area contributed by atoms with Crippen LogP contribution in [0.25, 0.3) is 0 Å². The standard InChI is InChI=1S/C42H66O13/c1-37(2)15-17-42(36(49)50)18-16-40(6)21(22(42)19-37)9-10-25-39(5)13-12-26(38(3,4)24(39)11-14-41(25,40)7)53-35-30(47)28(45)31(32(55-35)33(48)51-8)54-34-29(46)27(44)23(43)20-52-34/h9,22-32,34-35,43-47H,10-20H2,1-8H3,(H,49,50)/t22-,23+,24-,25+,26-,27+,28+,29-,30+,31-,32-,34-,35+,39-,40+,41+,42-/m0/s1. The van der Waals surface area contributed by atoms with E-state index in [1.165, 1.54) is 5.57 Å². The highest BCUT2D eigenvalue weighted by atomic mass is 16.7. The van der Waals surface area contributed by atoms with Gasteiger partial charge < -0.3 is 54.3 Å². The number of carboxylic acids is 1. The second-order valence-corrected chi connectivity index (χ2v) is 20.4. The molecule has 13 nitrogen and oxygen atoms in total. The number of rotatable bonds is 6. The number of aliphatic carboxylic acids is 1. The molecule has 7 rings (SSSR count). The molecule has 0 radical (unpaired) electrons. The molecular formula is C42H66O13. The normalized spacial score (nSPS) is 51.7. The molecule has 2 aliphatic heterocycles. The Bertz CT molecular complexity index is 1530. The molecule has 0 aromatic rings. The first-order valence-electron chi connectivity index (χ1n) is 20.6.